The van der Waals surface area contributed by atoms with Gasteiger partial charge in [-0.2, -0.15) is 16.1 Å². The fraction of sp³-hybridized carbons (Fsp3) is 0.750. The van der Waals surface area contributed by atoms with Crippen LogP contribution in [0.25, 0.3) is 0 Å². The first kappa shape index (κ1) is 22.5. The van der Waals surface area contributed by atoms with Crippen LogP contribution >= 0.6 is 23.1 Å². The Morgan fingerprint density at radius 2 is 1.80 bits per heavy atom. The summed E-state index contributed by atoms with van der Waals surface area (Å²) in [5.41, 5.74) is -0.0436. The minimum Gasteiger partial charge on any atom is -0.379 e. The van der Waals surface area contributed by atoms with Crippen molar-refractivity contribution in [3.05, 3.63) is 16.3 Å². The maximum absolute atomic E-state index is 13.1. The smallest absolute Gasteiger partial charge is 0.262 e. The third-order valence-corrected chi connectivity index (χ3v) is 10.4. The van der Waals surface area contributed by atoms with Crippen molar-refractivity contribution in [3.8, 4) is 0 Å². The molecule has 0 unspecified atom stereocenters. The Balaban J connectivity index is 1.48. The largest absolute Gasteiger partial charge is 0.379 e. The maximum atomic E-state index is 13.1. The summed E-state index contributed by atoms with van der Waals surface area (Å²) in [5, 5.41) is 4.82. The number of ether oxygens (including phenoxy) is 1. The number of nitrogens with one attached hydrogen (secondary N) is 1. The molecule has 1 aliphatic carbocycles. The lowest BCUT2D eigenvalue weighted by atomic mass is 9.79. The van der Waals surface area contributed by atoms with E-state index >= 15 is 0 Å². The SMILES string of the molecule is O=C(NCC1(N2CCOCC2)CCCCC1)c1sccc1S(=O)(=O)N1CCSCC1. The van der Waals surface area contributed by atoms with Crippen LogP contribution in [0.15, 0.2) is 16.3 Å². The molecule has 4 rings (SSSR count). The van der Waals surface area contributed by atoms with Gasteiger partial charge in [0.05, 0.1) is 13.2 Å². The monoisotopic (exact) mass is 473 g/mol. The lowest BCUT2D eigenvalue weighted by Crippen LogP contribution is -2.59. The number of carbonyl (C=O) groups excluding carboxylic acids is 1. The number of rotatable bonds is 6. The van der Waals surface area contributed by atoms with Crippen LogP contribution in [0.3, 0.4) is 0 Å². The molecule has 0 atom stereocenters. The number of hydrogen-bond acceptors (Lipinski definition) is 7. The van der Waals surface area contributed by atoms with Crippen LogP contribution in [0.1, 0.15) is 41.8 Å². The summed E-state index contributed by atoms with van der Waals surface area (Å²) < 4.78 is 33.3. The first-order valence-electron chi connectivity index (χ1n) is 10.8. The molecule has 0 aromatic carbocycles. The molecular formula is C20H31N3O4S3. The molecule has 168 valence electrons. The zero-order valence-electron chi connectivity index (χ0n) is 17.3. The summed E-state index contributed by atoms with van der Waals surface area (Å²) in [7, 11) is -3.63. The standard InChI is InChI=1S/C20H31N3O4S3/c24-19(18-17(4-13-29-18)30(25,26)23-9-14-28-15-10-23)21-16-20(5-2-1-3-6-20)22-7-11-27-12-8-22/h4,13H,1-3,5-12,14-16H2,(H,21,24). The molecular weight excluding hydrogens is 442 g/mol. The van der Waals surface area contributed by atoms with Gasteiger partial charge in [0.25, 0.3) is 5.91 Å². The minimum atomic E-state index is -3.63. The highest BCUT2D eigenvalue weighted by Crippen LogP contribution is 2.34. The van der Waals surface area contributed by atoms with Gasteiger partial charge >= 0.3 is 0 Å². The van der Waals surface area contributed by atoms with Gasteiger partial charge in [0, 0.05) is 49.8 Å². The van der Waals surface area contributed by atoms with Crippen LogP contribution in [0.5, 0.6) is 0 Å². The number of hydrogen-bond donors (Lipinski definition) is 1. The molecule has 10 heteroatoms. The Morgan fingerprint density at radius 3 is 2.50 bits per heavy atom. The number of thioether (sulfide) groups is 1. The third-order valence-electron chi connectivity index (χ3n) is 6.47. The second-order valence-electron chi connectivity index (χ2n) is 8.20. The quantitative estimate of drug-likeness (QED) is 0.683. The third kappa shape index (κ3) is 4.73. The van der Waals surface area contributed by atoms with Gasteiger partial charge in [0.15, 0.2) is 0 Å². The van der Waals surface area contributed by atoms with Crippen molar-refractivity contribution in [2.75, 3.05) is 57.4 Å². The molecule has 7 nitrogen and oxygen atoms in total. The Bertz CT molecular complexity index is 824. The van der Waals surface area contributed by atoms with Crippen molar-refractivity contribution in [2.24, 2.45) is 0 Å². The fourth-order valence-electron chi connectivity index (χ4n) is 4.77. The van der Waals surface area contributed by atoms with Crippen LogP contribution < -0.4 is 5.32 Å². The first-order valence-corrected chi connectivity index (χ1v) is 14.3. The lowest BCUT2D eigenvalue weighted by molar-refractivity contribution is -0.0361. The van der Waals surface area contributed by atoms with Crippen LogP contribution in [0.2, 0.25) is 0 Å². The molecule has 1 amide bonds. The second kappa shape index (κ2) is 9.87. The van der Waals surface area contributed by atoms with E-state index in [2.05, 4.69) is 10.2 Å². The van der Waals surface area contributed by atoms with Crippen molar-refractivity contribution in [3.63, 3.8) is 0 Å². The van der Waals surface area contributed by atoms with E-state index in [1.807, 2.05) is 0 Å². The Hall–Kier alpha value is -0.650. The molecule has 1 saturated carbocycles. The average molecular weight is 474 g/mol. The number of amides is 1. The fourth-order valence-corrected chi connectivity index (χ4v) is 8.66. The van der Waals surface area contributed by atoms with Gasteiger partial charge in [-0.05, 0) is 24.3 Å². The molecule has 0 spiro atoms. The highest BCUT2D eigenvalue weighted by atomic mass is 32.2. The molecule has 0 radical (unpaired) electrons. The summed E-state index contributed by atoms with van der Waals surface area (Å²) in [4.78, 5) is 16.0. The van der Waals surface area contributed by atoms with E-state index in [4.69, 9.17) is 4.74 Å². The number of thiophene rings is 1. The lowest BCUT2D eigenvalue weighted by Gasteiger charge is -2.48. The summed E-state index contributed by atoms with van der Waals surface area (Å²) in [6.45, 7) is 4.81. The zero-order chi connectivity index (χ0) is 21.0. The summed E-state index contributed by atoms with van der Waals surface area (Å²) in [5.74, 6) is 1.33. The molecule has 3 heterocycles. The van der Waals surface area contributed by atoms with Crippen molar-refractivity contribution in [1.29, 1.82) is 0 Å². The second-order valence-corrected chi connectivity index (χ2v) is 12.2. The van der Waals surface area contributed by atoms with Gasteiger partial charge in [-0.25, -0.2) is 8.42 Å². The average Bonchev–Trinajstić information content (AvgIpc) is 3.30. The highest BCUT2D eigenvalue weighted by molar-refractivity contribution is 7.99. The predicted molar refractivity (Wildman–Crippen MR) is 121 cm³/mol. The van der Waals surface area contributed by atoms with Gasteiger partial charge in [-0.1, -0.05) is 19.3 Å². The van der Waals surface area contributed by atoms with E-state index in [-0.39, 0.29) is 16.3 Å². The van der Waals surface area contributed by atoms with E-state index in [0.29, 0.717) is 24.5 Å². The van der Waals surface area contributed by atoms with Crippen molar-refractivity contribution in [1.82, 2.24) is 14.5 Å². The maximum Gasteiger partial charge on any atom is 0.262 e. The topological polar surface area (TPSA) is 79.0 Å². The number of nitrogens with zero attached hydrogens (tertiary/aromatic N) is 2. The normalized spacial score (nSPS) is 23.9. The Labute approximate surface area is 187 Å². The van der Waals surface area contributed by atoms with Crippen molar-refractivity contribution >= 4 is 39.0 Å². The van der Waals surface area contributed by atoms with E-state index < -0.39 is 10.0 Å². The van der Waals surface area contributed by atoms with Gasteiger partial charge < -0.3 is 10.1 Å². The molecule has 2 aliphatic heterocycles. The Morgan fingerprint density at radius 1 is 1.10 bits per heavy atom. The predicted octanol–water partition coefficient (Wildman–Crippen LogP) is 2.25. The van der Waals surface area contributed by atoms with Crippen molar-refractivity contribution < 1.29 is 17.9 Å². The minimum absolute atomic E-state index is 0.0436. The first-order chi connectivity index (χ1) is 14.5. The molecule has 0 bridgehead atoms. The van der Waals surface area contributed by atoms with E-state index in [1.54, 1.807) is 23.2 Å². The van der Waals surface area contributed by atoms with Crippen molar-refractivity contribution in [2.45, 2.75) is 42.5 Å². The van der Waals surface area contributed by atoms with Crippen LogP contribution in [0, 0.1) is 0 Å². The number of carbonyl (C=O) groups is 1. The molecule has 1 aromatic heterocycles. The summed E-state index contributed by atoms with van der Waals surface area (Å²) in [6, 6.07) is 1.58. The van der Waals surface area contributed by atoms with E-state index in [1.165, 1.54) is 34.9 Å². The molecule has 3 aliphatic rings. The van der Waals surface area contributed by atoms with Crippen LogP contribution in [0.4, 0.5) is 0 Å². The van der Waals surface area contributed by atoms with E-state index in [0.717, 1.165) is 50.7 Å². The Kier molecular flexibility index (Phi) is 7.42. The van der Waals surface area contributed by atoms with Gasteiger partial charge in [0.1, 0.15) is 9.77 Å². The van der Waals surface area contributed by atoms with Crippen LogP contribution in [-0.2, 0) is 14.8 Å². The zero-order valence-corrected chi connectivity index (χ0v) is 19.8. The molecule has 30 heavy (non-hydrogen) atoms. The van der Waals surface area contributed by atoms with Gasteiger partial charge in [-0.15, -0.1) is 11.3 Å². The van der Waals surface area contributed by atoms with E-state index in [9.17, 15) is 13.2 Å². The summed E-state index contributed by atoms with van der Waals surface area (Å²) in [6.07, 6.45) is 5.70. The van der Waals surface area contributed by atoms with Gasteiger partial charge in [0.2, 0.25) is 10.0 Å². The van der Waals surface area contributed by atoms with Gasteiger partial charge in [-0.3, -0.25) is 9.69 Å². The number of morpholine rings is 1. The number of sulfonamides is 1. The summed E-state index contributed by atoms with van der Waals surface area (Å²) >= 11 is 2.98. The molecule has 1 aromatic rings. The van der Waals surface area contributed by atoms with Crippen LogP contribution in [-0.4, -0.2) is 86.5 Å². The molecule has 2 saturated heterocycles. The molecule has 3 fully saturated rings. The molecule has 1 N–H and O–H groups in total. The highest BCUT2D eigenvalue weighted by Gasteiger charge is 2.39.